The van der Waals surface area contributed by atoms with Crippen LogP contribution in [0.2, 0.25) is 0 Å². The molecule has 0 saturated carbocycles. The van der Waals surface area contributed by atoms with Crippen LogP contribution in [0.15, 0.2) is 69.7 Å². The third kappa shape index (κ3) is 3.28. The minimum absolute atomic E-state index is 0.794. The van der Waals surface area contributed by atoms with Crippen LogP contribution < -0.4 is 4.74 Å². The molecule has 1 heterocycles. The van der Waals surface area contributed by atoms with E-state index in [2.05, 4.69) is 10.3 Å². The highest BCUT2D eigenvalue weighted by molar-refractivity contribution is 7.99. The molecule has 0 radical (unpaired) electrons. The maximum absolute atomic E-state index is 8.99. The maximum atomic E-state index is 8.99. The van der Waals surface area contributed by atoms with Gasteiger partial charge < -0.3 is 9.94 Å². The normalized spacial score (nSPS) is 11.1. The van der Waals surface area contributed by atoms with E-state index in [1.165, 1.54) is 6.21 Å². The summed E-state index contributed by atoms with van der Waals surface area (Å²) in [6.07, 6.45) is 1.42. The van der Waals surface area contributed by atoms with Crippen molar-refractivity contribution in [3.05, 3.63) is 65.9 Å². The molecule has 0 saturated heterocycles. The molecule has 0 bridgehead atoms. The summed E-state index contributed by atoms with van der Waals surface area (Å²) in [5.74, 6) is 0.809. The first-order valence-corrected chi connectivity index (χ1v) is 8.19. The third-order valence-electron chi connectivity index (χ3n) is 3.52. The van der Waals surface area contributed by atoms with E-state index in [9.17, 15) is 0 Å². The lowest BCUT2D eigenvalue weighted by molar-refractivity contribution is 0.321. The number of oxime groups is 1. The second kappa shape index (κ2) is 7.23. The van der Waals surface area contributed by atoms with Crippen LogP contribution >= 0.6 is 11.8 Å². The van der Waals surface area contributed by atoms with Crippen molar-refractivity contribution in [2.75, 3.05) is 7.11 Å². The van der Waals surface area contributed by atoms with Gasteiger partial charge in [0, 0.05) is 4.90 Å². The first kappa shape index (κ1) is 16.1. The lowest BCUT2D eigenvalue weighted by Crippen LogP contribution is -1.98. The molecule has 0 aliphatic heterocycles. The molecule has 6 heteroatoms. The monoisotopic (exact) mass is 339 g/mol. The molecule has 3 rings (SSSR count). The van der Waals surface area contributed by atoms with Gasteiger partial charge in [-0.2, -0.15) is 5.10 Å². The zero-order chi connectivity index (χ0) is 16.9. The molecular formula is C18H17N3O2S. The van der Waals surface area contributed by atoms with Crippen molar-refractivity contribution in [1.29, 1.82) is 0 Å². The number of nitrogens with zero attached hydrogens (tertiary/aromatic N) is 3. The van der Waals surface area contributed by atoms with Crippen LogP contribution in [0.1, 0.15) is 11.3 Å². The van der Waals surface area contributed by atoms with Gasteiger partial charge in [-0.25, -0.2) is 4.68 Å². The van der Waals surface area contributed by atoms with Crippen LogP contribution in [-0.2, 0) is 0 Å². The Morgan fingerprint density at radius 2 is 1.83 bits per heavy atom. The Labute approximate surface area is 144 Å². The van der Waals surface area contributed by atoms with Gasteiger partial charge in [0.05, 0.1) is 30.3 Å². The lowest BCUT2D eigenvalue weighted by atomic mass is 10.3. The number of rotatable bonds is 5. The highest BCUT2D eigenvalue weighted by Crippen LogP contribution is 2.34. The van der Waals surface area contributed by atoms with Gasteiger partial charge in [-0.05, 0) is 43.3 Å². The summed E-state index contributed by atoms with van der Waals surface area (Å²) in [6, 6.07) is 17.7. The molecule has 1 aromatic heterocycles. The summed E-state index contributed by atoms with van der Waals surface area (Å²) in [7, 11) is 1.64. The standard InChI is InChI=1S/C18H17N3O2S/c1-13-17(12-19-22)18(21(20-13)14-6-4-3-5-7-14)24-16-10-8-15(23-2)9-11-16/h3-12,22H,1-2H3. The number of hydrogen-bond donors (Lipinski definition) is 1. The van der Waals surface area contributed by atoms with E-state index in [4.69, 9.17) is 9.94 Å². The van der Waals surface area contributed by atoms with Crippen LogP contribution in [0.25, 0.3) is 5.69 Å². The number of benzene rings is 2. The molecule has 5 nitrogen and oxygen atoms in total. The van der Waals surface area contributed by atoms with Crippen molar-refractivity contribution in [2.24, 2.45) is 5.16 Å². The Morgan fingerprint density at radius 3 is 2.46 bits per heavy atom. The van der Waals surface area contributed by atoms with E-state index < -0.39 is 0 Å². The summed E-state index contributed by atoms with van der Waals surface area (Å²) in [6.45, 7) is 1.90. The molecule has 122 valence electrons. The van der Waals surface area contributed by atoms with Gasteiger partial charge in [-0.3, -0.25) is 0 Å². The molecular weight excluding hydrogens is 322 g/mol. The van der Waals surface area contributed by atoms with Crippen LogP contribution in [0.4, 0.5) is 0 Å². The van der Waals surface area contributed by atoms with Gasteiger partial charge in [0.1, 0.15) is 10.8 Å². The fourth-order valence-corrected chi connectivity index (χ4v) is 3.36. The van der Waals surface area contributed by atoms with Crippen molar-refractivity contribution < 1.29 is 9.94 Å². The molecule has 0 aliphatic rings. The van der Waals surface area contributed by atoms with Gasteiger partial charge in [0.25, 0.3) is 0 Å². The first-order chi connectivity index (χ1) is 11.7. The Kier molecular flexibility index (Phi) is 4.86. The number of hydrogen-bond acceptors (Lipinski definition) is 5. The molecule has 1 N–H and O–H groups in total. The van der Waals surface area contributed by atoms with Gasteiger partial charge in [0.2, 0.25) is 0 Å². The van der Waals surface area contributed by atoms with E-state index in [1.807, 2.05) is 66.2 Å². The zero-order valence-corrected chi connectivity index (χ0v) is 14.2. The van der Waals surface area contributed by atoms with E-state index in [0.29, 0.717) is 0 Å². The van der Waals surface area contributed by atoms with Gasteiger partial charge in [-0.1, -0.05) is 35.1 Å². The predicted molar refractivity (Wildman–Crippen MR) is 94.8 cm³/mol. The number of aryl methyl sites for hydroxylation is 1. The Morgan fingerprint density at radius 1 is 1.12 bits per heavy atom. The van der Waals surface area contributed by atoms with Crippen LogP contribution in [-0.4, -0.2) is 28.3 Å². The van der Waals surface area contributed by atoms with Crippen molar-refractivity contribution in [2.45, 2.75) is 16.8 Å². The Hall–Kier alpha value is -2.73. The molecule has 0 unspecified atom stereocenters. The van der Waals surface area contributed by atoms with Crippen molar-refractivity contribution in [3.63, 3.8) is 0 Å². The number of para-hydroxylation sites is 1. The topological polar surface area (TPSA) is 59.6 Å². The Balaban J connectivity index is 2.06. The van der Waals surface area contributed by atoms with Crippen molar-refractivity contribution >= 4 is 18.0 Å². The highest BCUT2D eigenvalue weighted by Gasteiger charge is 2.16. The fraction of sp³-hybridized carbons (Fsp3) is 0.111. The van der Waals surface area contributed by atoms with Crippen LogP contribution in [0, 0.1) is 6.92 Å². The molecule has 0 aliphatic carbocycles. The lowest BCUT2D eigenvalue weighted by Gasteiger charge is -2.08. The van der Waals surface area contributed by atoms with E-state index in [1.54, 1.807) is 18.9 Å². The highest BCUT2D eigenvalue weighted by atomic mass is 32.2. The summed E-state index contributed by atoms with van der Waals surface area (Å²) in [5.41, 5.74) is 2.55. The molecule has 0 atom stereocenters. The van der Waals surface area contributed by atoms with Crippen LogP contribution in [0.5, 0.6) is 5.75 Å². The SMILES string of the molecule is COc1ccc(Sc2c(C=NO)c(C)nn2-c2ccccc2)cc1. The van der Waals surface area contributed by atoms with Gasteiger partial charge >= 0.3 is 0 Å². The molecule has 0 amide bonds. The molecule has 2 aromatic carbocycles. The average molecular weight is 339 g/mol. The van der Waals surface area contributed by atoms with Crippen LogP contribution in [0.3, 0.4) is 0 Å². The molecule has 24 heavy (non-hydrogen) atoms. The third-order valence-corrected chi connectivity index (χ3v) is 4.62. The maximum Gasteiger partial charge on any atom is 0.118 e. The number of ether oxygens (including phenoxy) is 1. The number of methoxy groups -OCH3 is 1. The zero-order valence-electron chi connectivity index (χ0n) is 13.4. The molecule has 0 spiro atoms. The average Bonchev–Trinajstić information content (AvgIpc) is 2.93. The quantitative estimate of drug-likeness (QED) is 0.431. The summed E-state index contributed by atoms with van der Waals surface area (Å²) >= 11 is 1.56. The van der Waals surface area contributed by atoms with Gasteiger partial charge in [-0.15, -0.1) is 0 Å². The molecule has 3 aromatic rings. The second-order valence-corrected chi connectivity index (χ2v) is 6.14. The summed E-state index contributed by atoms with van der Waals surface area (Å²) in [5, 5.41) is 17.7. The first-order valence-electron chi connectivity index (χ1n) is 7.37. The minimum atomic E-state index is 0.794. The van der Waals surface area contributed by atoms with Crippen molar-refractivity contribution in [3.8, 4) is 11.4 Å². The van der Waals surface area contributed by atoms with E-state index in [-0.39, 0.29) is 0 Å². The minimum Gasteiger partial charge on any atom is -0.497 e. The van der Waals surface area contributed by atoms with Crippen molar-refractivity contribution in [1.82, 2.24) is 9.78 Å². The van der Waals surface area contributed by atoms with E-state index >= 15 is 0 Å². The van der Waals surface area contributed by atoms with Gasteiger partial charge in [0.15, 0.2) is 0 Å². The predicted octanol–water partition coefficient (Wildman–Crippen LogP) is 4.15. The smallest absolute Gasteiger partial charge is 0.118 e. The summed E-state index contributed by atoms with van der Waals surface area (Å²) < 4.78 is 7.06. The summed E-state index contributed by atoms with van der Waals surface area (Å²) in [4.78, 5) is 1.04. The number of aromatic nitrogens is 2. The largest absolute Gasteiger partial charge is 0.497 e. The van der Waals surface area contributed by atoms with E-state index in [0.717, 1.165) is 32.6 Å². The fourth-order valence-electron chi connectivity index (χ4n) is 2.32. The second-order valence-electron chi connectivity index (χ2n) is 5.07. The molecule has 0 fully saturated rings. The Bertz CT molecular complexity index is 843.